The van der Waals surface area contributed by atoms with Gasteiger partial charge in [0, 0.05) is 6.42 Å². The number of carbonyl (C=O) groups excluding carboxylic acids is 1. The van der Waals surface area contributed by atoms with E-state index in [0.29, 0.717) is 17.4 Å². The first kappa shape index (κ1) is 71.7. The van der Waals surface area contributed by atoms with E-state index >= 15 is 0 Å². The summed E-state index contributed by atoms with van der Waals surface area (Å²) in [6.45, 7) is 4.70. The number of phosphoric acid groups is 1. The van der Waals surface area contributed by atoms with E-state index in [-0.39, 0.29) is 19.1 Å². The number of nitrogens with one attached hydrogen (secondary N) is 1. The second-order valence-electron chi connectivity index (χ2n) is 22.1. The standard InChI is InChI=1S/C65H119N2O6P/c1-6-8-10-12-14-16-18-20-22-24-26-28-30-31-32-33-34-35-37-38-40-42-44-46-48-50-52-54-56-58-64(68)63(62-73-74(70,71)72-61-60-67(3,4)5)66-65(69)59-57-55-53-51-49-47-45-43-41-39-36-29-27-25-23-21-19-17-15-13-11-9-7-2/h9,11,15,17,21,23,27,29,39,41,45,47,56,58,63-64,68H,6-8,10,12-14,16,18-20,22,24-26,28,30-38,40,42-44,46,48-55,57,59-62H2,1-5H3,(H-,66,69,70,71)/p+1/b11-9-,17-15-,23-21-,29-27-,41-39-,47-45-,58-56+. The Morgan fingerprint density at radius 1 is 0.473 bits per heavy atom. The Hall–Kier alpha value is -2.32. The van der Waals surface area contributed by atoms with Gasteiger partial charge in [-0.05, 0) is 70.6 Å². The molecule has 1 amide bonds. The molecule has 0 rings (SSSR count). The van der Waals surface area contributed by atoms with Crippen LogP contribution in [0.2, 0.25) is 0 Å². The zero-order valence-electron chi connectivity index (χ0n) is 49.1. The zero-order chi connectivity index (χ0) is 54.2. The first-order valence-corrected chi connectivity index (χ1v) is 32.5. The van der Waals surface area contributed by atoms with E-state index in [1.54, 1.807) is 6.08 Å². The van der Waals surface area contributed by atoms with Crippen LogP contribution in [0.25, 0.3) is 0 Å². The quantitative estimate of drug-likeness (QED) is 0.0243. The average molecular weight is 1060 g/mol. The molecule has 0 aromatic rings. The number of hydrogen-bond acceptors (Lipinski definition) is 5. The number of unbranched alkanes of at least 4 members (excludes halogenated alkanes) is 31. The van der Waals surface area contributed by atoms with E-state index in [4.69, 9.17) is 9.05 Å². The first-order valence-electron chi connectivity index (χ1n) is 31.0. The number of nitrogens with zero attached hydrogens (tertiary/aromatic N) is 1. The van der Waals surface area contributed by atoms with Crippen molar-refractivity contribution < 1.29 is 32.9 Å². The van der Waals surface area contributed by atoms with Crippen molar-refractivity contribution in [1.82, 2.24) is 5.32 Å². The number of aliphatic hydroxyl groups is 1. The number of rotatable bonds is 56. The Morgan fingerprint density at radius 2 is 0.811 bits per heavy atom. The summed E-state index contributed by atoms with van der Waals surface area (Å²) in [6.07, 6.45) is 78.4. The van der Waals surface area contributed by atoms with Gasteiger partial charge in [0.25, 0.3) is 0 Å². The molecule has 0 aliphatic rings. The molecule has 0 aliphatic carbocycles. The molecule has 9 heteroatoms. The maximum absolute atomic E-state index is 13.0. The van der Waals surface area contributed by atoms with Gasteiger partial charge in [-0.15, -0.1) is 0 Å². The van der Waals surface area contributed by atoms with E-state index < -0.39 is 20.0 Å². The SMILES string of the molecule is CC/C=C\C/C=C\C/C=C\C/C=C\C/C=C\C/C=C\CCCCCCC(=O)NC(COP(=O)(O)OCC[N+](C)(C)C)C(O)/C=C/CCCCCCCCCCCCCCCCCCCCCCCCCCCCC. The fourth-order valence-electron chi connectivity index (χ4n) is 8.81. The van der Waals surface area contributed by atoms with Crippen LogP contribution in [0.3, 0.4) is 0 Å². The van der Waals surface area contributed by atoms with E-state index in [2.05, 4.69) is 92.1 Å². The third-order valence-corrected chi connectivity index (χ3v) is 14.6. The van der Waals surface area contributed by atoms with Gasteiger partial charge >= 0.3 is 7.82 Å². The Labute approximate surface area is 458 Å². The number of phosphoric ester groups is 1. The fourth-order valence-corrected chi connectivity index (χ4v) is 9.55. The Bertz CT molecular complexity index is 1480. The summed E-state index contributed by atoms with van der Waals surface area (Å²) in [7, 11) is 1.55. The molecule has 0 aliphatic heterocycles. The number of quaternary nitrogens is 1. The minimum absolute atomic E-state index is 0.0521. The van der Waals surface area contributed by atoms with Crippen LogP contribution in [-0.2, 0) is 18.4 Å². The highest BCUT2D eigenvalue weighted by molar-refractivity contribution is 7.47. The van der Waals surface area contributed by atoms with E-state index in [1.165, 1.54) is 161 Å². The Morgan fingerprint density at radius 3 is 1.19 bits per heavy atom. The molecule has 0 saturated carbocycles. The Kier molecular flexibility index (Phi) is 53.7. The molecule has 0 aromatic carbocycles. The topological polar surface area (TPSA) is 105 Å². The molecule has 74 heavy (non-hydrogen) atoms. The molecule has 3 N–H and O–H groups in total. The molecule has 0 aromatic heterocycles. The van der Waals surface area contributed by atoms with Crippen molar-refractivity contribution in [3.63, 3.8) is 0 Å². The number of hydrogen-bond donors (Lipinski definition) is 3. The minimum atomic E-state index is -4.36. The monoisotopic (exact) mass is 1060 g/mol. The third-order valence-electron chi connectivity index (χ3n) is 13.6. The third kappa shape index (κ3) is 57.4. The van der Waals surface area contributed by atoms with E-state index in [9.17, 15) is 19.4 Å². The van der Waals surface area contributed by atoms with Crippen molar-refractivity contribution in [3.05, 3.63) is 85.1 Å². The molecule has 0 bridgehead atoms. The van der Waals surface area contributed by atoms with Gasteiger partial charge in [0.2, 0.25) is 5.91 Å². The van der Waals surface area contributed by atoms with Crippen LogP contribution in [0.4, 0.5) is 0 Å². The molecular weight excluding hydrogens is 936 g/mol. The smallest absolute Gasteiger partial charge is 0.387 e. The van der Waals surface area contributed by atoms with Gasteiger partial charge in [-0.1, -0.05) is 279 Å². The number of amides is 1. The van der Waals surface area contributed by atoms with Crippen molar-refractivity contribution in [2.45, 2.75) is 283 Å². The Balaban J connectivity index is 4.22. The maximum atomic E-state index is 13.0. The number of likely N-dealkylation sites (N-methyl/N-ethyl adjacent to an activating group) is 1. The summed E-state index contributed by atoms with van der Waals surface area (Å²) in [5, 5.41) is 14.0. The molecule has 0 spiro atoms. The first-order chi connectivity index (χ1) is 36.0. The molecule has 8 nitrogen and oxygen atoms in total. The van der Waals surface area contributed by atoms with Gasteiger partial charge in [0.1, 0.15) is 13.2 Å². The summed E-state index contributed by atoms with van der Waals surface area (Å²) in [4.78, 5) is 23.3. The van der Waals surface area contributed by atoms with Gasteiger partial charge in [-0.2, -0.15) is 0 Å². The molecular formula is C65H120N2O6P+. The van der Waals surface area contributed by atoms with Gasteiger partial charge < -0.3 is 19.8 Å². The summed E-state index contributed by atoms with van der Waals surface area (Å²) in [6, 6.07) is -0.867. The molecule has 0 saturated heterocycles. The lowest BCUT2D eigenvalue weighted by Crippen LogP contribution is -2.45. The summed E-state index contributed by atoms with van der Waals surface area (Å²) in [5.41, 5.74) is 0. The maximum Gasteiger partial charge on any atom is 0.472 e. The lowest BCUT2D eigenvalue weighted by Gasteiger charge is -2.25. The fraction of sp³-hybridized carbons (Fsp3) is 0.769. The van der Waals surface area contributed by atoms with Crippen LogP contribution in [0.5, 0.6) is 0 Å². The van der Waals surface area contributed by atoms with Crippen LogP contribution < -0.4 is 5.32 Å². The van der Waals surface area contributed by atoms with Crippen LogP contribution in [-0.4, -0.2) is 73.4 Å². The second kappa shape index (κ2) is 55.4. The van der Waals surface area contributed by atoms with E-state index in [0.717, 1.165) is 89.9 Å². The summed E-state index contributed by atoms with van der Waals surface area (Å²) >= 11 is 0. The van der Waals surface area contributed by atoms with Gasteiger partial charge in [-0.3, -0.25) is 13.8 Å². The molecule has 3 unspecified atom stereocenters. The number of aliphatic hydroxyl groups excluding tert-OH is 1. The zero-order valence-corrected chi connectivity index (χ0v) is 50.0. The van der Waals surface area contributed by atoms with Gasteiger partial charge in [0.05, 0.1) is 39.9 Å². The lowest BCUT2D eigenvalue weighted by atomic mass is 10.0. The molecule has 3 atom stereocenters. The van der Waals surface area contributed by atoms with Crippen LogP contribution in [0.15, 0.2) is 85.1 Å². The van der Waals surface area contributed by atoms with Crippen molar-refractivity contribution in [1.29, 1.82) is 0 Å². The number of allylic oxidation sites excluding steroid dienone is 13. The molecule has 0 heterocycles. The average Bonchev–Trinajstić information content (AvgIpc) is 3.36. The highest BCUT2D eigenvalue weighted by Crippen LogP contribution is 2.43. The van der Waals surface area contributed by atoms with Gasteiger partial charge in [-0.25, -0.2) is 4.57 Å². The second-order valence-corrected chi connectivity index (χ2v) is 23.5. The van der Waals surface area contributed by atoms with E-state index in [1.807, 2.05) is 27.2 Å². The van der Waals surface area contributed by atoms with Crippen LogP contribution in [0, 0.1) is 0 Å². The van der Waals surface area contributed by atoms with Crippen LogP contribution in [0.1, 0.15) is 271 Å². The van der Waals surface area contributed by atoms with Crippen molar-refractivity contribution >= 4 is 13.7 Å². The minimum Gasteiger partial charge on any atom is -0.387 e. The van der Waals surface area contributed by atoms with Crippen molar-refractivity contribution in [2.75, 3.05) is 40.9 Å². The molecule has 0 radical (unpaired) electrons. The largest absolute Gasteiger partial charge is 0.472 e. The highest BCUT2D eigenvalue weighted by atomic mass is 31.2. The molecule has 0 fully saturated rings. The normalized spacial score (nSPS) is 14.4. The predicted molar refractivity (Wildman–Crippen MR) is 323 cm³/mol. The molecule has 430 valence electrons. The summed E-state index contributed by atoms with van der Waals surface area (Å²) < 4.78 is 23.7. The van der Waals surface area contributed by atoms with Crippen LogP contribution >= 0.6 is 7.82 Å². The lowest BCUT2D eigenvalue weighted by molar-refractivity contribution is -0.870. The summed E-state index contributed by atoms with van der Waals surface area (Å²) in [5.74, 6) is -0.202. The van der Waals surface area contributed by atoms with Gasteiger partial charge in [0.15, 0.2) is 0 Å². The predicted octanol–water partition coefficient (Wildman–Crippen LogP) is 19.2. The number of carbonyl (C=O) groups is 1. The highest BCUT2D eigenvalue weighted by Gasteiger charge is 2.27. The van der Waals surface area contributed by atoms with Crippen molar-refractivity contribution in [3.8, 4) is 0 Å². The van der Waals surface area contributed by atoms with Crippen molar-refractivity contribution in [2.24, 2.45) is 0 Å².